The third-order valence-corrected chi connectivity index (χ3v) is 4.47. The van der Waals surface area contributed by atoms with Crippen LogP contribution in [0, 0.1) is 0 Å². The largest absolute Gasteiger partial charge is 0.457 e. The van der Waals surface area contributed by atoms with Crippen molar-refractivity contribution in [1.82, 2.24) is 5.32 Å². The lowest BCUT2D eigenvalue weighted by Gasteiger charge is -2.42. The van der Waals surface area contributed by atoms with Crippen molar-refractivity contribution in [1.29, 1.82) is 0 Å². The molecule has 26 heavy (non-hydrogen) atoms. The van der Waals surface area contributed by atoms with Gasteiger partial charge in [-0.05, 0) is 42.0 Å². The van der Waals surface area contributed by atoms with Crippen LogP contribution in [0.25, 0.3) is 0 Å². The lowest BCUT2D eigenvalue weighted by molar-refractivity contribution is -0.0733. The molecule has 0 aliphatic carbocycles. The van der Waals surface area contributed by atoms with Crippen molar-refractivity contribution in [2.24, 2.45) is 0 Å². The van der Waals surface area contributed by atoms with Gasteiger partial charge in [-0.15, -0.1) is 0 Å². The molecule has 0 unspecified atom stereocenters. The van der Waals surface area contributed by atoms with Crippen molar-refractivity contribution in [3.05, 3.63) is 96.1 Å². The van der Waals surface area contributed by atoms with Crippen LogP contribution < -0.4 is 10.1 Å². The molecule has 1 fully saturated rings. The summed E-state index contributed by atoms with van der Waals surface area (Å²) in [5.74, 6) is 1.33. The van der Waals surface area contributed by atoms with Gasteiger partial charge in [0.15, 0.2) is 0 Å². The van der Waals surface area contributed by atoms with Gasteiger partial charge in [0, 0.05) is 5.56 Å². The minimum Gasteiger partial charge on any atom is -0.457 e. The highest BCUT2D eigenvalue weighted by atomic mass is 16.5. The molecule has 0 bridgehead atoms. The quantitative estimate of drug-likeness (QED) is 0.756. The van der Waals surface area contributed by atoms with E-state index < -0.39 is 5.54 Å². The molecule has 1 aliphatic heterocycles. The standard InChI is InChI=1S/C22H19NO3/c24-21(23-22(15-25-16-22)18-7-3-1-4-8-18)17-11-13-20(14-12-17)26-19-9-5-2-6-10-19/h1-14H,15-16H2,(H,23,24). The average Bonchev–Trinajstić information content (AvgIpc) is 2.67. The van der Waals surface area contributed by atoms with Gasteiger partial charge in [0.2, 0.25) is 0 Å². The van der Waals surface area contributed by atoms with Crippen LogP contribution in [0.5, 0.6) is 11.5 Å². The third kappa shape index (κ3) is 3.32. The molecule has 0 atom stereocenters. The Labute approximate surface area is 152 Å². The minimum atomic E-state index is -0.447. The smallest absolute Gasteiger partial charge is 0.252 e. The summed E-state index contributed by atoms with van der Waals surface area (Å²) in [7, 11) is 0. The molecule has 4 rings (SSSR count). The van der Waals surface area contributed by atoms with E-state index in [4.69, 9.17) is 9.47 Å². The van der Waals surface area contributed by atoms with Crippen molar-refractivity contribution in [3.8, 4) is 11.5 Å². The van der Waals surface area contributed by atoms with E-state index in [2.05, 4.69) is 5.32 Å². The Balaban J connectivity index is 1.46. The van der Waals surface area contributed by atoms with Crippen LogP contribution in [-0.4, -0.2) is 19.1 Å². The maximum atomic E-state index is 12.7. The molecule has 0 aromatic heterocycles. The molecule has 1 amide bonds. The number of carbonyl (C=O) groups is 1. The molecule has 3 aromatic carbocycles. The molecule has 0 saturated carbocycles. The summed E-state index contributed by atoms with van der Waals surface area (Å²) < 4.78 is 11.1. The van der Waals surface area contributed by atoms with E-state index in [0.717, 1.165) is 11.3 Å². The molecule has 3 aromatic rings. The van der Waals surface area contributed by atoms with Crippen LogP contribution in [0.4, 0.5) is 0 Å². The lowest BCUT2D eigenvalue weighted by Crippen LogP contribution is -2.59. The molecule has 130 valence electrons. The van der Waals surface area contributed by atoms with Crippen molar-refractivity contribution in [3.63, 3.8) is 0 Å². The van der Waals surface area contributed by atoms with E-state index in [9.17, 15) is 4.79 Å². The van der Waals surface area contributed by atoms with Gasteiger partial charge >= 0.3 is 0 Å². The van der Waals surface area contributed by atoms with E-state index in [0.29, 0.717) is 24.5 Å². The fourth-order valence-corrected chi connectivity index (χ4v) is 2.96. The molecule has 1 aliphatic rings. The zero-order valence-corrected chi connectivity index (χ0v) is 14.2. The van der Waals surface area contributed by atoms with Crippen LogP contribution in [-0.2, 0) is 10.3 Å². The summed E-state index contributed by atoms with van der Waals surface area (Å²) >= 11 is 0. The lowest BCUT2D eigenvalue weighted by atomic mass is 9.87. The Morgan fingerprint density at radius 2 is 1.38 bits per heavy atom. The number of hydrogen-bond acceptors (Lipinski definition) is 3. The van der Waals surface area contributed by atoms with Crippen molar-refractivity contribution < 1.29 is 14.3 Å². The number of amides is 1. The molecule has 1 heterocycles. The zero-order chi connectivity index (χ0) is 17.8. The van der Waals surface area contributed by atoms with Gasteiger partial charge in [0.1, 0.15) is 17.0 Å². The Bertz CT molecular complexity index is 872. The highest BCUT2D eigenvalue weighted by Crippen LogP contribution is 2.30. The summed E-state index contributed by atoms with van der Waals surface area (Å²) in [5.41, 5.74) is 1.20. The average molecular weight is 345 g/mol. The van der Waals surface area contributed by atoms with Gasteiger partial charge < -0.3 is 14.8 Å². The van der Waals surface area contributed by atoms with Gasteiger partial charge in [-0.2, -0.15) is 0 Å². The van der Waals surface area contributed by atoms with Gasteiger partial charge in [-0.25, -0.2) is 0 Å². The fourth-order valence-electron chi connectivity index (χ4n) is 2.96. The van der Waals surface area contributed by atoms with Gasteiger partial charge in [-0.1, -0.05) is 48.5 Å². The normalized spacial score (nSPS) is 14.9. The first-order valence-electron chi connectivity index (χ1n) is 8.54. The summed E-state index contributed by atoms with van der Waals surface area (Å²) in [6.45, 7) is 0.968. The highest BCUT2D eigenvalue weighted by Gasteiger charge is 2.41. The topological polar surface area (TPSA) is 47.6 Å². The second-order valence-electron chi connectivity index (χ2n) is 6.33. The third-order valence-electron chi connectivity index (χ3n) is 4.47. The van der Waals surface area contributed by atoms with Crippen LogP contribution in [0.15, 0.2) is 84.9 Å². The Morgan fingerprint density at radius 3 is 1.96 bits per heavy atom. The highest BCUT2D eigenvalue weighted by molar-refractivity contribution is 5.95. The number of carbonyl (C=O) groups excluding carboxylic acids is 1. The number of nitrogens with one attached hydrogen (secondary N) is 1. The molecule has 0 radical (unpaired) electrons. The van der Waals surface area contributed by atoms with Crippen LogP contribution >= 0.6 is 0 Å². The number of hydrogen-bond donors (Lipinski definition) is 1. The maximum absolute atomic E-state index is 12.7. The van der Waals surface area contributed by atoms with Crippen LogP contribution in [0.2, 0.25) is 0 Å². The van der Waals surface area contributed by atoms with E-state index in [1.807, 2.05) is 60.7 Å². The zero-order valence-electron chi connectivity index (χ0n) is 14.2. The van der Waals surface area contributed by atoms with Crippen LogP contribution in [0.3, 0.4) is 0 Å². The van der Waals surface area contributed by atoms with Crippen molar-refractivity contribution in [2.45, 2.75) is 5.54 Å². The van der Waals surface area contributed by atoms with Crippen molar-refractivity contribution in [2.75, 3.05) is 13.2 Å². The fraction of sp³-hybridized carbons (Fsp3) is 0.136. The molecule has 0 spiro atoms. The Hall–Kier alpha value is -3.11. The monoisotopic (exact) mass is 345 g/mol. The second-order valence-corrected chi connectivity index (χ2v) is 6.33. The molecular weight excluding hydrogens is 326 g/mol. The first kappa shape index (κ1) is 16.4. The van der Waals surface area contributed by atoms with Crippen LogP contribution in [0.1, 0.15) is 15.9 Å². The summed E-state index contributed by atoms with van der Waals surface area (Å²) in [5, 5.41) is 3.13. The predicted octanol–water partition coefficient (Wildman–Crippen LogP) is 4.13. The maximum Gasteiger partial charge on any atom is 0.252 e. The van der Waals surface area contributed by atoms with E-state index in [1.54, 1.807) is 24.3 Å². The molecule has 1 saturated heterocycles. The van der Waals surface area contributed by atoms with E-state index in [-0.39, 0.29) is 5.91 Å². The van der Waals surface area contributed by atoms with E-state index in [1.165, 1.54) is 0 Å². The molecular formula is C22H19NO3. The predicted molar refractivity (Wildman–Crippen MR) is 99.4 cm³/mol. The first-order chi connectivity index (χ1) is 12.8. The first-order valence-corrected chi connectivity index (χ1v) is 8.54. The molecule has 4 nitrogen and oxygen atoms in total. The van der Waals surface area contributed by atoms with E-state index >= 15 is 0 Å². The summed E-state index contributed by atoms with van der Waals surface area (Å²) in [6, 6.07) is 26.6. The molecule has 4 heteroatoms. The number of rotatable bonds is 5. The number of para-hydroxylation sites is 1. The van der Waals surface area contributed by atoms with Gasteiger partial charge in [0.25, 0.3) is 5.91 Å². The second kappa shape index (κ2) is 7.02. The van der Waals surface area contributed by atoms with Gasteiger partial charge in [0.05, 0.1) is 13.2 Å². The Morgan fingerprint density at radius 1 is 0.808 bits per heavy atom. The van der Waals surface area contributed by atoms with Crippen molar-refractivity contribution >= 4 is 5.91 Å². The molecule has 1 N–H and O–H groups in total. The summed E-state index contributed by atoms with van der Waals surface area (Å²) in [6.07, 6.45) is 0. The Kier molecular flexibility index (Phi) is 4.42. The number of benzene rings is 3. The SMILES string of the molecule is O=C(NC1(c2ccccc2)COC1)c1ccc(Oc2ccccc2)cc1. The summed E-state index contributed by atoms with van der Waals surface area (Å²) in [4.78, 5) is 12.7. The minimum absolute atomic E-state index is 0.122. The van der Waals surface area contributed by atoms with Gasteiger partial charge in [-0.3, -0.25) is 4.79 Å². The number of ether oxygens (including phenoxy) is 2.